The maximum absolute atomic E-state index is 13.0. The fraction of sp³-hybridized carbons (Fsp3) is 0.182. The Morgan fingerprint density at radius 2 is 1.41 bits per heavy atom. The average Bonchev–Trinajstić information content (AvgIpc) is 2.73. The fourth-order valence-corrected chi connectivity index (χ4v) is 4.28. The lowest BCUT2D eigenvalue weighted by Gasteiger charge is -2.15. The van der Waals surface area contributed by atoms with Gasteiger partial charge in [0, 0.05) is 11.3 Å². The molecule has 29 heavy (non-hydrogen) atoms. The highest BCUT2D eigenvalue weighted by Gasteiger charge is 2.20. The zero-order valence-corrected chi connectivity index (χ0v) is 17.5. The van der Waals surface area contributed by atoms with Crippen LogP contribution in [0.25, 0.3) is 11.1 Å². The number of hydrogen-bond acceptors (Lipinski definition) is 5. The number of methoxy groups -OCH3 is 3. The number of aryl methyl sites for hydroxylation is 1. The van der Waals surface area contributed by atoms with E-state index in [0.717, 1.165) is 22.4 Å². The molecule has 0 saturated heterocycles. The zero-order valence-electron chi connectivity index (χ0n) is 16.7. The van der Waals surface area contributed by atoms with Crippen LogP contribution in [0.15, 0.2) is 65.6 Å². The largest absolute Gasteiger partial charge is 0.497 e. The maximum atomic E-state index is 13.0. The zero-order chi connectivity index (χ0) is 21.0. The second-order valence-corrected chi connectivity index (χ2v) is 8.05. The lowest BCUT2D eigenvalue weighted by atomic mass is 10.0. The quantitative estimate of drug-likeness (QED) is 0.618. The molecule has 0 bridgehead atoms. The van der Waals surface area contributed by atoms with Gasteiger partial charge in [-0.15, -0.1) is 0 Å². The first-order valence-corrected chi connectivity index (χ1v) is 10.4. The minimum atomic E-state index is -3.84. The molecule has 0 aliphatic rings. The second kappa shape index (κ2) is 8.45. The Bertz CT molecular complexity index is 1110. The van der Waals surface area contributed by atoms with Crippen molar-refractivity contribution in [2.45, 2.75) is 11.8 Å². The molecule has 3 aromatic rings. The van der Waals surface area contributed by atoms with Crippen molar-refractivity contribution >= 4 is 15.7 Å². The van der Waals surface area contributed by atoms with Crippen molar-refractivity contribution < 1.29 is 22.6 Å². The maximum Gasteiger partial charge on any atom is 0.265 e. The van der Waals surface area contributed by atoms with E-state index in [4.69, 9.17) is 14.2 Å². The Balaban J connectivity index is 2.00. The van der Waals surface area contributed by atoms with Crippen LogP contribution in [0.3, 0.4) is 0 Å². The van der Waals surface area contributed by atoms with Crippen molar-refractivity contribution in [3.05, 3.63) is 66.2 Å². The van der Waals surface area contributed by atoms with E-state index >= 15 is 0 Å². The van der Waals surface area contributed by atoms with Crippen LogP contribution in [-0.2, 0) is 10.0 Å². The summed E-state index contributed by atoms with van der Waals surface area (Å²) in [5.74, 6) is 1.65. The molecular weight excluding hydrogens is 390 g/mol. The van der Waals surface area contributed by atoms with Crippen LogP contribution in [0.2, 0.25) is 0 Å². The summed E-state index contributed by atoms with van der Waals surface area (Å²) in [7, 11) is 0.775. The summed E-state index contributed by atoms with van der Waals surface area (Å²) in [6.45, 7) is 1.83. The average molecular weight is 413 g/mol. The van der Waals surface area contributed by atoms with Crippen molar-refractivity contribution in [3.8, 4) is 28.4 Å². The van der Waals surface area contributed by atoms with E-state index in [1.165, 1.54) is 7.11 Å². The molecule has 0 atom stereocenters. The molecule has 0 fully saturated rings. The summed E-state index contributed by atoms with van der Waals surface area (Å²) in [4.78, 5) is 0.0850. The van der Waals surface area contributed by atoms with Crippen LogP contribution in [0.4, 0.5) is 5.69 Å². The fourth-order valence-electron chi connectivity index (χ4n) is 2.97. The summed E-state index contributed by atoms with van der Waals surface area (Å²) in [6, 6.07) is 17.6. The number of sulfonamides is 1. The van der Waals surface area contributed by atoms with Crippen LogP contribution in [0.1, 0.15) is 5.56 Å². The van der Waals surface area contributed by atoms with E-state index in [0.29, 0.717) is 11.4 Å². The van der Waals surface area contributed by atoms with Crippen molar-refractivity contribution in [1.82, 2.24) is 0 Å². The minimum absolute atomic E-state index is 0.0850. The van der Waals surface area contributed by atoms with E-state index in [-0.39, 0.29) is 10.6 Å². The molecular formula is C22H23NO5S. The van der Waals surface area contributed by atoms with Gasteiger partial charge >= 0.3 is 0 Å². The standard InChI is InChI=1S/C22H23NO5S/c1-15-5-11-21(28-4)22(13-15)29(24,25)23-17-8-12-20(27-3)19(14-17)16-6-9-18(26-2)10-7-16/h5-14,23H,1-4H3. The van der Waals surface area contributed by atoms with Gasteiger partial charge in [0.2, 0.25) is 0 Å². The number of benzene rings is 3. The van der Waals surface area contributed by atoms with Crippen LogP contribution >= 0.6 is 0 Å². The third-order valence-corrected chi connectivity index (χ3v) is 5.86. The number of hydrogen-bond donors (Lipinski definition) is 1. The van der Waals surface area contributed by atoms with Crippen molar-refractivity contribution in [1.29, 1.82) is 0 Å². The molecule has 0 aliphatic carbocycles. The van der Waals surface area contributed by atoms with Gasteiger partial charge in [-0.05, 0) is 60.5 Å². The summed E-state index contributed by atoms with van der Waals surface area (Å²) in [5, 5.41) is 0. The Morgan fingerprint density at radius 1 is 0.759 bits per heavy atom. The predicted molar refractivity (Wildman–Crippen MR) is 114 cm³/mol. The molecule has 1 N–H and O–H groups in total. The molecule has 3 aromatic carbocycles. The number of rotatable bonds is 7. The summed E-state index contributed by atoms with van der Waals surface area (Å²) < 4.78 is 44.5. The third kappa shape index (κ3) is 4.46. The van der Waals surface area contributed by atoms with Crippen LogP contribution in [0.5, 0.6) is 17.2 Å². The highest BCUT2D eigenvalue weighted by molar-refractivity contribution is 7.92. The molecule has 3 rings (SSSR count). The lowest BCUT2D eigenvalue weighted by Crippen LogP contribution is -2.14. The van der Waals surface area contributed by atoms with Gasteiger partial charge in [0.25, 0.3) is 10.0 Å². The first-order chi connectivity index (χ1) is 13.9. The lowest BCUT2D eigenvalue weighted by molar-refractivity contribution is 0.402. The van der Waals surface area contributed by atoms with Gasteiger partial charge in [-0.1, -0.05) is 18.2 Å². The molecule has 6 nitrogen and oxygen atoms in total. The summed E-state index contributed by atoms with van der Waals surface area (Å²) in [5.41, 5.74) is 2.86. The van der Waals surface area contributed by atoms with E-state index in [2.05, 4.69) is 4.72 Å². The number of nitrogens with one attached hydrogen (secondary N) is 1. The Morgan fingerprint density at radius 3 is 2.03 bits per heavy atom. The molecule has 0 heterocycles. The SMILES string of the molecule is COc1ccc(-c2cc(NS(=O)(=O)c3cc(C)ccc3OC)ccc2OC)cc1. The van der Waals surface area contributed by atoms with E-state index in [1.807, 2.05) is 31.2 Å². The molecule has 0 spiro atoms. The van der Waals surface area contributed by atoms with Crippen molar-refractivity contribution in [3.63, 3.8) is 0 Å². The monoisotopic (exact) mass is 413 g/mol. The topological polar surface area (TPSA) is 73.9 Å². The second-order valence-electron chi connectivity index (χ2n) is 6.40. The molecule has 0 saturated carbocycles. The molecule has 0 amide bonds. The van der Waals surface area contributed by atoms with Gasteiger partial charge in [0.05, 0.1) is 21.3 Å². The van der Waals surface area contributed by atoms with Gasteiger partial charge < -0.3 is 14.2 Å². The summed E-state index contributed by atoms with van der Waals surface area (Å²) >= 11 is 0. The summed E-state index contributed by atoms with van der Waals surface area (Å²) in [6.07, 6.45) is 0. The molecule has 0 aromatic heterocycles. The normalized spacial score (nSPS) is 11.0. The molecule has 0 unspecified atom stereocenters. The van der Waals surface area contributed by atoms with Gasteiger partial charge in [-0.25, -0.2) is 8.42 Å². The Hall–Kier alpha value is -3.19. The third-order valence-electron chi connectivity index (χ3n) is 4.46. The molecule has 0 radical (unpaired) electrons. The van der Waals surface area contributed by atoms with E-state index in [1.54, 1.807) is 50.6 Å². The first-order valence-electron chi connectivity index (χ1n) is 8.88. The van der Waals surface area contributed by atoms with Crippen LogP contribution in [0, 0.1) is 6.92 Å². The predicted octanol–water partition coefficient (Wildman–Crippen LogP) is 4.49. The van der Waals surface area contributed by atoms with E-state index in [9.17, 15) is 8.42 Å². The molecule has 152 valence electrons. The van der Waals surface area contributed by atoms with Crippen LogP contribution in [-0.4, -0.2) is 29.7 Å². The Kier molecular flexibility index (Phi) is 5.98. The van der Waals surface area contributed by atoms with Gasteiger partial charge in [-0.3, -0.25) is 4.72 Å². The van der Waals surface area contributed by atoms with Gasteiger partial charge in [-0.2, -0.15) is 0 Å². The Labute approximate surface area is 171 Å². The van der Waals surface area contributed by atoms with Gasteiger partial charge in [0.15, 0.2) is 0 Å². The minimum Gasteiger partial charge on any atom is -0.497 e. The number of ether oxygens (including phenoxy) is 3. The highest BCUT2D eigenvalue weighted by atomic mass is 32.2. The first kappa shape index (κ1) is 20.5. The van der Waals surface area contributed by atoms with Crippen molar-refractivity contribution in [2.24, 2.45) is 0 Å². The van der Waals surface area contributed by atoms with Gasteiger partial charge in [0.1, 0.15) is 22.1 Å². The molecule has 0 aliphatic heterocycles. The van der Waals surface area contributed by atoms with E-state index < -0.39 is 10.0 Å². The van der Waals surface area contributed by atoms with Crippen molar-refractivity contribution in [2.75, 3.05) is 26.1 Å². The number of anilines is 1. The highest BCUT2D eigenvalue weighted by Crippen LogP contribution is 2.35. The molecule has 7 heteroatoms. The smallest absolute Gasteiger partial charge is 0.265 e. The van der Waals surface area contributed by atoms with Crippen LogP contribution < -0.4 is 18.9 Å².